The number of aromatic nitrogens is 2. The Kier molecular flexibility index (Phi) is 8.42. The second kappa shape index (κ2) is 13.2. The van der Waals surface area contributed by atoms with Crippen molar-refractivity contribution < 1.29 is 13.2 Å². The summed E-state index contributed by atoms with van der Waals surface area (Å²) < 4.78 is 28.4. The van der Waals surface area contributed by atoms with Gasteiger partial charge in [0.2, 0.25) is 0 Å². The van der Waals surface area contributed by atoms with Gasteiger partial charge < -0.3 is 9.88 Å². The van der Waals surface area contributed by atoms with E-state index < -0.39 is 10.0 Å². The van der Waals surface area contributed by atoms with Gasteiger partial charge in [0.25, 0.3) is 15.9 Å². The Bertz CT molecular complexity index is 2320. The van der Waals surface area contributed by atoms with E-state index in [0.29, 0.717) is 30.4 Å². The van der Waals surface area contributed by atoms with E-state index in [2.05, 4.69) is 39.2 Å². The molecule has 1 fully saturated rings. The number of hydrogen-bond acceptors (Lipinski definition) is 6. The number of rotatable bonds is 7. The number of allylic oxidation sites excluding steroid dienone is 5. The minimum Gasteiger partial charge on any atom is -0.339 e. The molecule has 50 heavy (non-hydrogen) atoms. The molecular weight excluding hydrogens is 645 g/mol. The predicted molar refractivity (Wildman–Crippen MR) is 201 cm³/mol. The van der Waals surface area contributed by atoms with Gasteiger partial charge in [-0.25, -0.2) is 13.4 Å². The molecule has 4 heterocycles. The van der Waals surface area contributed by atoms with Gasteiger partial charge in [0.1, 0.15) is 5.65 Å². The van der Waals surface area contributed by atoms with Crippen LogP contribution in [0.25, 0.3) is 38.6 Å². The van der Waals surface area contributed by atoms with Crippen LogP contribution in [0, 0.1) is 0 Å². The lowest BCUT2D eigenvalue weighted by Crippen LogP contribution is -2.52. The third-order valence-corrected chi connectivity index (χ3v) is 11.8. The smallest absolute Gasteiger partial charge is 0.264 e. The number of benzene rings is 3. The highest BCUT2D eigenvalue weighted by atomic mass is 32.2. The van der Waals surface area contributed by atoms with Crippen molar-refractivity contribution in [2.24, 2.45) is 4.99 Å². The monoisotopic (exact) mass is 682 g/mol. The van der Waals surface area contributed by atoms with E-state index in [1.807, 2.05) is 65.9 Å². The molecule has 1 aliphatic carbocycles. The van der Waals surface area contributed by atoms with Crippen LogP contribution in [0.2, 0.25) is 0 Å². The van der Waals surface area contributed by atoms with E-state index in [1.54, 1.807) is 37.4 Å². The van der Waals surface area contributed by atoms with Crippen LogP contribution in [-0.2, 0) is 10.0 Å². The third kappa shape index (κ3) is 5.84. The van der Waals surface area contributed by atoms with Gasteiger partial charge >= 0.3 is 0 Å². The number of piperazine rings is 1. The van der Waals surface area contributed by atoms with Crippen molar-refractivity contribution in [2.45, 2.75) is 23.8 Å². The molecule has 8 rings (SSSR count). The normalized spacial score (nSPS) is 18.1. The lowest BCUT2D eigenvalue weighted by Gasteiger charge is -2.38. The highest BCUT2D eigenvalue weighted by molar-refractivity contribution is 7.92. The molecule has 0 saturated carbocycles. The summed E-state index contributed by atoms with van der Waals surface area (Å²) in [5, 5.41) is 1.84. The van der Waals surface area contributed by atoms with Gasteiger partial charge in [-0.3, -0.25) is 19.0 Å². The zero-order chi connectivity index (χ0) is 34.2. The minimum atomic E-state index is -3.76. The molecule has 1 amide bonds. The number of H-pyrrole nitrogens is 1. The zero-order valence-electron chi connectivity index (χ0n) is 27.9. The second-order valence-corrected chi connectivity index (χ2v) is 14.9. The zero-order valence-corrected chi connectivity index (χ0v) is 28.7. The first kappa shape index (κ1) is 31.9. The van der Waals surface area contributed by atoms with Gasteiger partial charge in [0.15, 0.2) is 0 Å². The van der Waals surface area contributed by atoms with Gasteiger partial charge in [-0.15, -0.1) is 0 Å². The number of fused-ring (bicyclic) bond motifs is 3. The van der Waals surface area contributed by atoms with Crippen molar-refractivity contribution in [3.8, 4) is 11.1 Å². The largest absolute Gasteiger partial charge is 0.339 e. The maximum Gasteiger partial charge on any atom is 0.264 e. The van der Waals surface area contributed by atoms with Crippen molar-refractivity contribution in [3.05, 3.63) is 121 Å². The first-order valence-electron chi connectivity index (χ1n) is 17.0. The summed E-state index contributed by atoms with van der Waals surface area (Å²) in [6.07, 6.45) is 16.1. The fraction of sp³-hybridized carbons (Fsp3) is 0.225. The van der Waals surface area contributed by atoms with E-state index >= 15 is 0 Å². The summed E-state index contributed by atoms with van der Waals surface area (Å²) in [6, 6.07) is 22.3. The van der Waals surface area contributed by atoms with Crippen molar-refractivity contribution in [1.29, 1.82) is 0 Å². The van der Waals surface area contributed by atoms with Crippen LogP contribution in [0.4, 0.5) is 5.69 Å². The van der Waals surface area contributed by atoms with Crippen molar-refractivity contribution in [3.63, 3.8) is 0 Å². The SMILES string of the molecule is CN(c1ccc2[nH]c3ncc(-c4ccc(C(=O)N5CCN(C6C=CC=NC6)CC5)cc4)c(C4=CC=CCC4)c3c2c1)S(=O)(=O)c1ccccc1. The number of amides is 1. The molecule has 0 bridgehead atoms. The summed E-state index contributed by atoms with van der Waals surface area (Å²) in [5.74, 6) is 0.0427. The van der Waals surface area contributed by atoms with Crippen molar-refractivity contribution in [2.75, 3.05) is 44.1 Å². The Morgan fingerprint density at radius 1 is 0.960 bits per heavy atom. The van der Waals surface area contributed by atoms with Gasteiger partial charge in [0, 0.05) is 79.1 Å². The molecule has 5 aromatic rings. The number of aliphatic imine (C=N–C) groups is 1. The average molecular weight is 683 g/mol. The van der Waals surface area contributed by atoms with E-state index in [1.165, 1.54) is 9.88 Å². The molecular formula is C40H38N6O3S. The van der Waals surface area contributed by atoms with Crippen molar-refractivity contribution >= 4 is 55.3 Å². The number of nitrogens with zero attached hydrogens (tertiary/aromatic N) is 5. The maximum absolute atomic E-state index is 13.6. The summed E-state index contributed by atoms with van der Waals surface area (Å²) >= 11 is 0. The summed E-state index contributed by atoms with van der Waals surface area (Å²) in [7, 11) is -2.17. The molecule has 10 heteroatoms. The summed E-state index contributed by atoms with van der Waals surface area (Å²) in [4.78, 5) is 30.9. The first-order chi connectivity index (χ1) is 24.4. The van der Waals surface area contributed by atoms with E-state index in [9.17, 15) is 13.2 Å². The van der Waals surface area contributed by atoms with Crippen molar-refractivity contribution in [1.82, 2.24) is 19.8 Å². The van der Waals surface area contributed by atoms with Crippen LogP contribution in [0.1, 0.15) is 28.8 Å². The lowest BCUT2D eigenvalue weighted by molar-refractivity contribution is 0.0607. The van der Waals surface area contributed by atoms with Gasteiger partial charge in [0.05, 0.1) is 17.1 Å². The Hall–Kier alpha value is -5.32. The Labute approximate surface area is 292 Å². The topological polar surface area (TPSA) is 102 Å². The van der Waals surface area contributed by atoms with Gasteiger partial charge in [-0.1, -0.05) is 54.6 Å². The molecule has 1 atom stereocenters. The van der Waals surface area contributed by atoms with E-state index in [4.69, 9.17) is 4.98 Å². The number of carbonyl (C=O) groups is 1. The van der Waals surface area contributed by atoms with Gasteiger partial charge in [-0.2, -0.15) is 0 Å². The third-order valence-electron chi connectivity index (χ3n) is 10.0. The Balaban J connectivity index is 1.14. The van der Waals surface area contributed by atoms with Gasteiger partial charge in [-0.05, 0) is 78.1 Å². The number of aromatic amines is 1. The molecule has 0 radical (unpaired) electrons. The molecule has 1 unspecified atom stereocenters. The standard InChI is InChI=1S/C40H38N6O3S/c1-44(50(48,49)33-12-6-3-7-13-33)31-18-19-36-34(25-31)38-37(29-9-4-2-5-10-29)35(27-42-39(38)43-36)28-14-16-30(17-15-28)40(47)46-23-21-45(22-24-46)32-11-8-20-41-26-32/h2-4,6-9,11-20,25,27,32H,5,10,21-24,26H2,1H3,(H,42,43). The van der Waals surface area contributed by atoms with Crippen LogP contribution in [0.3, 0.4) is 0 Å². The number of sulfonamides is 1. The number of dihydropyridines is 1. The minimum absolute atomic E-state index is 0.0427. The number of carbonyl (C=O) groups excluding carboxylic acids is 1. The van der Waals surface area contributed by atoms with Crippen LogP contribution in [-0.4, -0.2) is 86.1 Å². The number of hydrogen-bond donors (Lipinski definition) is 1. The molecule has 2 aliphatic heterocycles. The number of nitrogens with one attached hydrogen (secondary N) is 1. The number of pyridine rings is 1. The Morgan fingerprint density at radius 3 is 2.48 bits per heavy atom. The fourth-order valence-electron chi connectivity index (χ4n) is 7.23. The Morgan fingerprint density at radius 2 is 1.76 bits per heavy atom. The first-order valence-corrected chi connectivity index (χ1v) is 18.5. The quantitative estimate of drug-likeness (QED) is 0.206. The van der Waals surface area contributed by atoms with Crippen LogP contribution < -0.4 is 4.31 Å². The lowest BCUT2D eigenvalue weighted by atomic mass is 9.88. The van der Waals surface area contributed by atoms with E-state index in [-0.39, 0.29) is 10.8 Å². The molecule has 3 aromatic carbocycles. The van der Waals surface area contributed by atoms with Crippen LogP contribution in [0.15, 0.2) is 119 Å². The molecule has 2 aromatic heterocycles. The molecule has 3 aliphatic rings. The molecule has 1 saturated heterocycles. The summed E-state index contributed by atoms with van der Waals surface area (Å²) in [6.45, 7) is 3.80. The molecule has 1 N–H and O–H groups in total. The highest BCUT2D eigenvalue weighted by Crippen LogP contribution is 2.41. The highest BCUT2D eigenvalue weighted by Gasteiger charge is 2.27. The van der Waals surface area contributed by atoms with Crippen LogP contribution in [0.5, 0.6) is 0 Å². The summed E-state index contributed by atoms with van der Waals surface area (Å²) in [5.41, 5.74) is 7.01. The average Bonchev–Trinajstić information content (AvgIpc) is 3.56. The van der Waals surface area contributed by atoms with Crippen LogP contribution >= 0.6 is 0 Å². The molecule has 9 nitrogen and oxygen atoms in total. The maximum atomic E-state index is 13.6. The fourth-order valence-corrected chi connectivity index (χ4v) is 8.44. The second-order valence-electron chi connectivity index (χ2n) is 12.9. The molecule has 0 spiro atoms. The number of anilines is 1. The molecule has 252 valence electrons. The predicted octanol–water partition coefficient (Wildman–Crippen LogP) is 6.71. The van der Waals surface area contributed by atoms with E-state index in [0.717, 1.165) is 71.1 Å².